The van der Waals surface area contributed by atoms with Crippen molar-refractivity contribution >= 4 is 5.91 Å². The van der Waals surface area contributed by atoms with E-state index >= 15 is 0 Å². The van der Waals surface area contributed by atoms with Crippen molar-refractivity contribution in [3.8, 4) is 0 Å². The van der Waals surface area contributed by atoms with E-state index in [0.29, 0.717) is 5.92 Å². The fourth-order valence-electron chi connectivity index (χ4n) is 4.12. The maximum absolute atomic E-state index is 12.6. The van der Waals surface area contributed by atoms with E-state index in [0.717, 1.165) is 30.5 Å². The van der Waals surface area contributed by atoms with Crippen LogP contribution < -0.4 is 0 Å². The van der Waals surface area contributed by atoms with E-state index in [4.69, 9.17) is 0 Å². The molecule has 0 N–H and O–H groups in total. The molecule has 2 aliphatic rings. The molecule has 1 aromatic heterocycles. The summed E-state index contributed by atoms with van der Waals surface area (Å²) in [5, 5.41) is 0. The summed E-state index contributed by atoms with van der Waals surface area (Å²) in [7, 11) is 0. The number of rotatable bonds is 5. The molecule has 132 valence electrons. The van der Waals surface area contributed by atoms with Gasteiger partial charge in [0.25, 0.3) is 5.91 Å². The summed E-state index contributed by atoms with van der Waals surface area (Å²) < 4.78 is 0. The molecule has 24 heavy (non-hydrogen) atoms. The Labute approximate surface area is 146 Å². The topological polar surface area (TPSA) is 36.4 Å². The van der Waals surface area contributed by atoms with Crippen molar-refractivity contribution in [1.82, 2.24) is 14.8 Å². The quantitative estimate of drug-likeness (QED) is 0.831. The van der Waals surface area contributed by atoms with Crippen molar-refractivity contribution in [2.24, 2.45) is 17.8 Å². The lowest BCUT2D eigenvalue weighted by molar-refractivity contribution is 0.0773. The van der Waals surface area contributed by atoms with E-state index in [-0.39, 0.29) is 5.91 Å². The molecule has 3 heterocycles. The van der Waals surface area contributed by atoms with Gasteiger partial charge in [0.05, 0.1) is 0 Å². The third-order valence-electron chi connectivity index (χ3n) is 5.76. The second-order valence-corrected chi connectivity index (χ2v) is 7.90. The van der Waals surface area contributed by atoms with E-state index in [9.17, 15) is 4.79 Å². The molecular weight excluding hydrogens is 298 g/mol. The smallest absolute Gasteiger partial charge is 0.253 e. The van der Waals surface area contributed by atoms with Gasteiger partial charge >= 0.3 is 0 Å². The van der Waals surface area contributed by atoms with Gasteiger partial charge in [-0.25, -0.2) is 0 Å². The van der Waals surface area contributed by atoms with Gasteiger partial charge in [0.2, 0.25) is 0 Å². The Morgan fingerprint density at radius 3 is 2.46 bits per heavy atom. The Kier molecular flexibility index (Phi) is 5.88. The SMILES string of the molecule is CC(C)CCN1CCC(C2CCN(C(=O)c3ccncc3)C2)CC1. The van der Waals surface area contributed by atoms with Gasteiger partial charge in [-0.15, -0.1) is 0 Å². The first-order valence-electron chi connectivity index (χ1n) is 9.55. The molecule has 0 aromatic carbocycles. The second kappa shape index (κ2) is 8.11. The van der Waals surface area contributed by atoms with E-state index in [1.54, 1.807) is 12.4 Å². The van der Waals surface area contributed by atoms with E-state index < -0.39 is 0 Å². The number of hydrogen-bond donors (Lipinski definition) is 0. The number of aromatic nitrogens is 1. The lowest BCUT2D eigenvalue weighted by Crippen LogP contribution is -2.38. The first kappa shape index (κ1) is 17.4. The molecule has 1 amide bonds. The summed E-state index contributed by atoms with van der Waals surface area (Å²) in [5.41, 5.74) is 0.772. The molecular formula is C20H31N3O. The lowest BCUT2D eigenvalue weighted by Gasteiger charge is -2.35. The van der Waals surface area contributed by atoms with Crippen LogP contribution >= 0.6 is 0 Å². The summed E-state index contributed by atoms with van der Waals surface area (Å²) >= 11 is 0. The van der Waals surface area contributed by atoms with Gasteiger partial charge in [-0.2, -0.15) is 0 Å². The maximum Gasteiger partial charge on any atom is 0.253 e. The summed E-state index contributed by atoms with van der Waals surface area (Å²) in [4.78, 5) is 21.2. The molecule has 4 nitrogen and oxygen atoms in total. The van der Waals surface area contributed by atoms with Crippen LogP contribution in [0.3, 0.4) is 0 Å². The van der Waals surface area contributed by atoms with Gasteiger partial charge in [0.1, 0.15) is 0 Å². The number of hydrogen-bond acceptors (Lipinski definition) is 3. The highest BCUT2D eigenvalue weighted by atomic mass is 16.2. The van der Waals surface area contributed by atoms with Crippen molar-refractivity contribution in [3.05, 3.63) is 30.1 Å². The number of carbonyl (C=O) groups excluding carboxylic acids is 1. The lowest BCUT2D eigenvalue weighted by atomic mass is 9.83. The van der Waals surface area contributed by atoms with Crippen LogP contribution in [0.1, 0.15) is 49.9 Å². The first-order chi connectivity index (χ1) is 11.6. The largest absolute Gasteiger partial charge is 0.338 e. The number of amides is 1. The van der Waals surface area contributed by atoms with Crippen LogP contribution in [0.15, 0.2) is 24.5 Å². The average molecular weight is 329 g/mol. The van der Waals surface area contributed by atoms with Crippen LogP contribution in [0, 0.1) is 17.8 Å². The third-order valence-corrected chi connectivity index (χ3v) is 5.76. The minimum atomic E-state index is 0.175. The zero-order chi connectivity index (χ0) is 16.9. The van der Waals surface area contributed by atoms with Crippen molar-refractivity contribution in [1.29, 1.82) is 0 Å². The van der Waals surface area contributed by atoms with Gasteiger partial charge in [0.15, 0.2) is 0 Å². The molecule has 0 radical (unpaired) electrons. The minimum absolute atomic E-state index is 0.175. The molecule has 0 aliphatic carbocycles. The highest BCUT2D eigenvalue weighted by molar-refractivity contribution is 5.94. The van der Waals surface area contributed by atoms with Crippen LogP contribution in [0.4, 0.5) is 0 Å². The van der Waals surface area contributed by atoms with E-state index in [1.807, 2.05) is 17.0 Å². The normalized spacial score (nSPS) is 23.1. The number of pyridine rings is 1. The van der Waals surface area contributed by atoms with E-state index in [2.05, 4.69) is 23.7 Å². The molecule has 3 rings (SSSR count). The second-order valence-electron chi connectivity index (χ2n) is 7.90. The molecule has 2 fully saturated rings. The summed E-state index contributed by atoms with van der Waals surface area (Å²) in [6.07, 6.45) is 8.50. The maximum atomic E-state index is 12.6. The number of carbonyl (C=O) groups is 1. The average Bonchev–Trinajstić information content (AvgIpc) is 3.10. The van der Waals surface area contributed by atoms with Gasteiger partial charge < -0.3 is 9.80 Å². The summed E-state index contributed by atoms with van der Waals surface area (Å²) in [5.74, 6) is 2.47. The predicted molar refractivity (Wildman–Crippen MR) is 96.9 cm³/mol. The van der Waals surface area contributed by atoms with Crippen molar-refractivity contribution in [2.75, 3.05) is 32.7 Å². The van der Waals surface area contributed by atoms with Gasteiger partial charge in [0, 0.05) is 31.0 Å². The Morgan fingerprint density at radius 1 is 1.12 bits per heavy atom. The van der Waals surface area contributed by atoms with Crippen LogP contribution in [0.2, 0.25) is 0 Å². The number of nitrogens with zero attached hydrogens (tertiary/aromatic N) is 3. The predicted octanol–water partition coefficient (Wildman–Crippen LogP) is 3.30. The third kappa shape index (κ3) is 4.35. The van der Waals surface area contributed by atoms with Crippen LogP contribution in [-0.2, 0) is 0 Å². The Hall–Kier alpha value is -1.42. The summed E-state index contributed by atoms with van der Waals surface area (Å²) in [6, 6.07) is 3.64. The van der Waals surface area contributed by atoms with Crippen molar-refractivity contribution < 1.29 is 4.79 Å². The van der Waals surface area contributed by atoms with Crippen LogP contribution in [0.5, 0.6) is 0 Å². The van der Waals surface area contributed by atoms with Gasteiger partial charge in [-0.3, -0.25) is 9.78 Å². The molecule has 0 saturated carbocycles. The standard InChI is InChI=1S/C20H31N3O/c1-16(2)5-11-22-12-6-17(7-13-22)19-8-14-23(15-19)20(24)18-3-9-21-10-4-18/h3-4,9-10,16-17,19H,5-8,11-15H2,1-2H3. The zero-order valence-electron chi connectivity index (χ0n) is 15.2. The molecule has 2 aliphatic heterocycles. The highest BCUT2D eigenvalue weighted by Crippen LogP contribution is 2.32. The van der Waals surface area contributed by atoms with Gasteiger partial charge in [-0.1, -0.05) is 13.8 Å². The molecule has 2 saturated heterocycles. The fraction of sp³-hybridized carbons (Fsp3) is 0.700. The van der Waals surface area contributed by atoms with Crippen LogP contribution in [0.25, 0.3) is 0 Å². The molecule has 1 unspecified atom stereocenters. The highest BCUT2D eigenvalue weighted by Gasteiger charge is 2.33. The molecule has 1 atom stereocenters. The molecule has 1 aromatic rings. The molecule has 0 bridgehead atoms. The number of piperidine rings is 1. The number of likely N-dealkylation sites (tertiary alicyclic amines) is 2. The fourth-order valence-corrected chi connectivity index (χ4v) is 4.12. The zero-order valence-corrected chi connectivity index (χ0v) is 15.2. The molecule has 4 heteroatoms. The Morgan fingerprint density at radius 2 is 1.79 bits per heavy atom. The Bertz CT molecular complexity index is 523. The minimum Gasteiger partial charge on any atom is -0.338 e. The van der Waals surface area contributed by atoms with Gasteiger partial charge in [-0.05, 0) is 75.2 Å². The van der Waals surface area contributed by atoms with Crippen molar-refractivity contribution in [3.63, 3.8) is 0 Å². The first-order valence-corrected chi connectivity index (χ1v) is 9.55. The van der Waals surface area contributed by atoms with Crippen molar-refractivity contribution in [2.45, 2.75) is 39.5 Å². The monoisotopic (exact) mass is 329 g/mol. The molecule has 0 spiro atoms. The summed E-state index contributed by atoms with van der Waals surface area (Å²) in [6.45, 7) is 10.2. The van der Waals surface area contributed by atoms with E-state index in [1.165, 1.54) is 45.3 Å². The van der Waals surface area contributed by atoms with Crippen LogP contribution in [-0.4, -0.2) is 53.4 Å². The Balaban J connectivity index is 1.46.